The van der Waals surface area contributed by atoms with Crippen LogP contribution in [0.15, 0.2) is 46.8 Å². The van der Waals surface area contributed by atoms with E-state index in [-0.39, 0.29) is 0 Å². The Morgan fingerprint density at radius 3 is 2.77 bits per heavy atom. The van der Waals surface area contributed by atoms with Crippen LogP contribution in [-0.2, 0) is 18.3 Å². The van der Waals surface area contributed by atoms with E-state index in [4.69, 9.17) is 14.7 Å². The first-order chi connectivity index (χ1) is 14.8. The summed E-state index contributed by atoms with van der Waals surface area (Å²) in [5.74, 6) is 1.77. The molecule has 30 heavy (non-hydrogen) atoms. The Hall–Kier alpha value is -2.42. The van der Waals surface area contributed by atoms with Crippen LogP contribution in [0, 0.1) is 0 Å². The first-order valence-electron chi connectivity index (χ1n) is 10.5. The fraction of sp³-hybridized carbons (Fsp3) is 0.455. The van der Waals surface area contributed by atoms with Gasteiger partial charge in [0.05, 0.1) is 30.3 Å². The Morgan fingerprint density at radius 1 is 1.20 bits per heavy atom. The lowest BCUT2D eigenvalue weighted by molar-refractivity contribution is 0.0177. The number of ether oxygens (including phenoxy) is 1. The Kier molecular flexibility index (Phi) is 6.99. The number of rotatable bonds is 7. The molecule has 7 nitrogen and oxygen atoms in total. The van der Waals surface area contributed by atoms with E-state index in [0.29, 0.717) is 12.6 Å². The van der Waals surface area contributed by atoms with Gasteiger partial charge < -0.3 is 19.9 Å². The molecular weight excluding hydrogens is 396 g/mol. The molecule has 1 fully saturated rings. The van der Waals surface area contributed by atoms with Crippen molar-refractivity contribution < 1.29 is 4.74 Å². The Balaban J connectivity index is 1.46. The second-order valence-corrected chi connectivity index (χ2v) is 8.31. The van der Waals surface area contributed by atoms with Gasteiger partial charge in [-0.2, -0.15) is 0 Å². The van der Waals surface area contributed by atoms with Gasteiger partial charge in [0.15, 0.2) is 5.96 Å². The maximum Gasteiger partial charge on any atom is 0.191 e. The lowest BCUT2D eigenvalue weighted by Gasteiger charge is -2.34. The van der Waals surface area contributed by atoms with Crippen molar-refractivity contribution in [1.82, 2.24) is 25.1 Å². The minimum absolute atomic E-state index is 0.313. The number of morpholine rings is 1. The summed E-state index contributed by atoms with van der Waals surface area (Å²) in [6, 6.07) is 12.8. The molecule has 0 saturated carbocycles. The van der Waals surface area contributed by atoms with Crippen molar-refractivity contribution in [3.63, 3.8) is 0 Å². The summed E-state index contributed by atoms with van der Waals surface area (Å²) >= 11 is 1.81. The minimum atomic E-state index is 0.313. The van der Waals surface area contributed by atoms with E-state index < -0.39 is 0 Å². The Labute approximate surface area is 181 Å². The molecule has 0 amide bonds. The number of thiophene rings is 1. The quantitative estimate of drug-likeness (QED) is 0.449. The maximum absolute atomic E-state index is 5.55. The fourth-order valence-electron chi connectivity index (χ4n) is 3.80. The van der Waals surface area contributed by atoms with E-state index in [1.807, 2.05) is 36.6 Å². The number of benzene rings is 1. The number of nitrogens with zero attached hydrogens (tertiary/aromatic N) is 4. The summed E-state index contributed by atoms with van der Waals surface area (Å²) in [6.45, 7) is 7.73. The van der Waals surface area contributed by atoms with E-state index in [1.165, 1.54) is 4.88 Å². The number of aliphatic imine (C=N–C) groups is 1. The van der Waals surface area contributed by atoms with Crippen LogP contribution < -0.4 is 10.6 Å². The topological polar surface area (TPSA) is 66.7 Å². The van der Waals surface area contributed by atoms with Gasteiger partial charge in [-0.3, -0.25) is 4.90 Å². The van der Waals surface area contributed by atoms with Crippen LogP contribution in [-0.4, -0.2) is 59.8 Å². The molecule has 3 aromatic rings. The predicted octanol–water partition coefficient (Wildman–Crippen LogP) is 2.76. The van der Waals surface area contributed by atoms with Gasteiger partial charge in [-0.1, -0.05) is 18.2 Å². The monoisotopic (exact) mass is 426 g/mol. The number of hydrogen-bond acceptors (Lipinski definition) is 5. The second-order valence-electron chi connectivity index (χ2n) is 7.33. The number of imidazole rings is 1. The molecule has 0 radical (unpaired) electrons. The van der Waals surface area contributed by atoms with Crippen LogP contribution in [0.3, 0.4) is 0 Å². The molecule has 160 valence electrons. The zero-order valence-electron chi connectivity index (χ0n) is 17.7. The highest BCUT2D eigenvalue weighted by molar-refractivity contribution is 7.10. The molecule has 1 atom stereocenters. The predicted molar refractivity (Wildman–Crippen MR) is 123 cm³/mol. The first-order valence-corrected chi connectivity index (χ1v) is 11.4. The standard InChI is InChI=1S/C22H30N6OS/c1-3-23-22(25-16-21-26-17-7-4-5-8-18(17)27(21)2)24-15-19(20-9-6-14-30-20)28-10-12-29-13-11-28/h4-9,14,19H,3,10-13,15-16H2,1-2H3,(H2,23,24,25). The van der Waals surface area contributed by atoms with Crippen molar-refractivity contribution in [3.05, 3.63) is 52.5 Å². The minimum Gasteiger partial charge on any atom is -0.379 e. The van der Waals surface area contributed by atoms with Gasteiger partial charge in [-0.25, -0.2) is 9.98 Å². The highest BCUT2D eigenvalue weighted by Crippen LogP contribution is 2.25. The smallest absolute Gasteiger partial charge is 0.191 e. The molecule has 2 N–H and O–H groups in total. The van der Waals surface area contributed by atoms with Crippen LogP contribution in [0.25, 0.3) is 11.0 Å². The second kappa shape index (κ2) is 10.1. The van der Waals surface area contributed by atoms with Crippen molar-refractivity contribution in [1.29, 1.82) is 0 Å². The van der Waals surface area contributed by atoms with Gasteiger partial charge in [-0.15, -0.1) is 11.3 Å². The molecule has 4 rings (SSSR count). The lowest BCUT2D eigenvalue weighted by Crippen LogP contribution is -2.46. The van der Waals surface area contributed by atoms with Gasteiger partial charge in [0.25, 0.3) is 0 Å². The van der Waals surface area contributed by atoms with Crippen LogP contribution >= 0.6 is 11.3 Å². The average molecular weight is 427 g/mol. The average Bonchev–Trinajstić information content (AvgIpc) is 3.42. The van der Waals surface area contributed by atoms with Crippen molar-refractivity contribution in [2.45, 2.75) is 19.5 Å². The third-order valence-electron chi connectivity index (χ3n) is 5.42. The Morgan fingerprint density at radius 2 is 2.03 bits per heavy atom. The van der Waals surface area contributed by atoms with E-state index in [0.717, 1.165) is 62.2 Å². The molecule has 1 aromatic carbocycles. The number of nitrogens with one attached hydrogen (secondary N) is 2. The summed E-state index contributed by atoms with van der Waals surface area (Å²) in [5.41, 5.74) is 2.14. The highest BCUT2D eigenvalue weighted by atomic mass is 32.1. The molecular formula is C22H30N6OS. The molecule has 2 aromatic heterocycles. The lowest BCUT2D eigenvalue weighted by atomic mass is 10.2. The molecule has 0 spiro atoms. The molecule has 8 heteroatoms. The number of para-hydroxylation sites is 2. The van der Waals surface area contributed by atoms with Gasteiger partial charge >= 0.3 is 0 Å². The normalized spacial score (nSPS) is 16.7. The third kappa shape index (κ3) is 4.83. The molecule has 1 saturated heterocycles. The van der Waals surface area contributed by atoms with Crippen molar-refractivity contribution in [2.24, 2.45) is 12.0 Å². The molecule has 0 bridgehead atoms. The summed E-state index contributed by atoms with van der Waals surface area (Å²) in [6.07, 6.45) is 0. The van der Waals surface area contributed by atoms with Crippen LogP contribution in [0.2, 0.25) is 0 Å². The number of hydrogen-bond donors (Lipinski definition) is 2. The number of fused-ring (bicyclic) bond motifs is 1. The van der Waals surface area contributed by atoms with E-state index >= 15 is 0 Å². The highest BCUT2D eigenvalue weighted by Gasteiger charge is 2.23. The van der Waals surface area contributed by atoms with Crippen molar-refractivity contribution >= 4 is 28.3 Å². The van der Waals surface area contributed by atoms with E-state index in [1.54, 1.807) is 0 Å². The van der Waals surface area contributed by atoms with E-state index in [9.17, 15) is 0 Å². The van der Waals surface area contributed by atoms with Gasteiger partial charge in [0, 0.05) is 38.1 Å². The van der Waals surface area contributed by atoms with E-state index in [2.05, 4.69) is 50.6 Å². The number of guanidine groups is 1. The van der Waals surface area contributed by atoms with Crippen LogP contribution in [0.4, 0.5) is 0 Å². The Bertz CT molecular complexity index is 961. The number of aromatic nitrogens is 2. The molecule has 1 aliphatic rings. The zero-order valence-corrected chi connectivity index (χ0v) is 18.5. The molecule has 0 aliphatic carbocycles. The zero-order chi connectivity index (χ0) is 20.8. The van der Waals surface area contributed by atoms with Crippen LogP contribution in [0.5, 0.6) is 0 Å². The summed E-state index contributed by atoms with van der Waals surface area (Å²) < 4.78 is 7.67. The van der Waals surface area contributed by atoms with Gasteiger partial charge in [-0.05, 0) is 30.5 Å². The summed E-state index contributed by atoms with van der Waals surface area (Å²) in [4.78, 5) is 13.4. The molecule has 1 aliphatic heterocycles. The van der Waals surface area contributed by atoms with Gasteiger partial charge in [0.2, 0.25) is 0 Å². The first kappa shape index (κ1) is 20.8. The fourth-order valence-corrected chi connectivity index (χ4v) is 4.66. The largest absolute Gasteiger partial charge is 0.379 e. The van der Waals surface area contributed by atoms with Crippen molar-refractivity contribution in [3.8, 4) is 0 Å². The molecule has 1 unspecified atom stereocenters. The molecule has 3 heterocycles. The van der Waals surface area contributed by atoms with Gasteiger partial charge in [0.1, 0.15) is 12.4 Å². The van der Waals surface area contributed by atoms with Crippen molar-refractivity contribution in [2.75, 3.05) is 39.4 Å². The number of aryl methyl sites for hydroxylation is 1. The maximum atomic E-state index is 5.55. The van der Waals surface area contributed by atoms with Crippen LogP contribution in [0.1, 0.15) is 23.7 Å². The summed E-state index contributed by atoms with van der Waals surface area (Å²) in [5, 5.41) is 9.07. The third-order valence-corrected chi connectivity index (χ3v) is 6.40. The SMILES string of the molecule is CCNC(=NCc1nc2ccccc2n1C)NCC(c1cccs1)N1CCOCC1. The summed E-state index contributed by atoms with van der Waals surface area (Å²) in [7, 11) is 2.05.